The molecule has 3 heteroatoms. The van der Waals surface area contributed by atoms with E-state index in [0.717, 1.165) is 23.1 Å². The first-order valence-electron chi connectivity index (χ1n) is 6.85. The van der Waals surface area contributed by atoms with E-state index in [1.165, 1.54) is 16.0 Å². The van der Waals surface area contributed by atoms with E-state index in [9.17, 15) is 9.90 Å². The van der Waals surface area contributed by atoms with E-state index >= 15 is 0 Å². The van der Waals surface area contributed by atoms with Gasteiger partial charge in [0.25, 0.3) is 0 Å². The molecule has 0 saturated carbocycles. The number of aliphatic carboxylic acids is 1. The molecule has 0 spiro atoms. The van der Waals surface area contributed by atoms with Crippen LogP contribution in [0.15, 0.2) is 52.9 Å². The predicted octanol–water partition coefficient (Wildman–Crippen LogP) is 4.77. The van der Waals surface area contributed by atoms with E-state index in [2.05, 4.69) is 18.4 Å². The number of carboxylic acid groups (broad SMARTS) is 1. The lowest BCUT2D eigenvalue weighted by Gasteiger charge is -2.28. The number of rotatable bonds is 3. The van der Waals surface area contributed by atoms with Gasteiger partial charge in [-0.05, 0) is 53.1 Å². The molecule has 1 aromatic heterocycles. The maximum atomic E-state index is 11.3. The smallest absolute Gasteiger partial charge is 0.331 e. The van der Waals surface area contributed by atoms with Crippen LogP contribution in [0, 0.1) is 6.92 Å². The van der Waals surface area contributed by atoms with Crippen LogP contribution in [0.25, 0.3) is 11.1 Å². The summed E-state index contributed by atoms with van der Waals surface area (Å²) in [6.45, 7) is 3.78. The highest BCUT2D eigenvalue weighted by molar-refractivity contribution is 7.11. The SMILES string of the molecule is CC(C(=O)O)=C1CC(c2cc(C)cs2)=C1c1ccccc1. The number of benzene rings is 1. The summed E-state index contributed by atoms with van der Waals surface area (Å²) in [6.07, 6.45) is 0.738. The van der Waals surface area contributed by atoms with E-state index in [4.69, 9.17) is 0 Å². The van der Waals surface area contributed by atoms with Gasteiger partial charge in [-0.1, -0.05) is 30.3 Å². The molecule has 0 bridgehead atoms. The molecule has 0 radical (unpaired) electrons. The van der Waals surface area contributed by atoms with E-state index in [-0.39, 0.29) is 0 Å². The van der Waals surface area contributed by atoms with Crippen molar-refractivity contribution in [3.8, 4) is 0 Å². The van der Waals surface area contributed by atoms with E-state index in [1.54, 1.807) is 18.3 Å². The number of thiophene rings is 1. The zero-order chi connectivity index (χ0) is 15.0. The van der Waals surface area contributed by atoms with Crippen molar-refractivity contribution in [3.05, 3.63) is 68.9 Å². The van der Waals surface area contributed by atoms with Gasteiger partial charge in [-0.3, -0.25) is 0 Å². The Morgan fingerprint density at radius 3 is 2.52 bits per heavy atom. The Morgan fingerprint density at radius 1 is 1.24 bits per heavy atom. The van der Waals surface area contributed by atoms with Crippen LogP contribution in [0.4, 0.5) is 0 Å². The van der Waals surface area contributed by atoms with Gasteiger partial charge in [0, 0.05) is 16.9 Å². The van der Waals surface area contributed by atoms with Crippen LogP contribution in [0.5, 0.6) is 0 Å². The minimum Gasteiger partial charge on any atom is -0.478 e. The summed E-state index contributed by atoms with van der Waals surface area (Å²) >= 11 is 1.73. The van der Waals surface area contributed by atoms with Gasteiger partial charge in [0.15, 0.2) is 0 Å². The number of hydrogen-bond acceptors (Lipinski definition) is 2. The summed E-state index contributed by atoms with van der Waals surface area (Å²) < 4.78 is 0. The Morgan fingerprint density at radius 2 is 1.95 bits per heavy atom. The molecule has 21 heavy (non-hydrogen) atoms. The molecular formula is C18H16O2S. The third kappa shape index (κ3) is 2.45. The molecule has 0 fully saturated rings. The van der Waals surface area contributed by atoms with Crippen LogP contribution in [-0.4, -0.2) is 11.1 Å². The Bertz CT molecular complexity index is 764. The van der Waals surface area contributed by atoms with Crippen molar-refractivity contribution in [1.29, 1.82) is 0 Å². The Hall–Kier alpha value is -2.13. The van der Waals surface area contributed by atoms with Gasteiger partial charge < -0.3 is 5.11 Å². The molecule has 2 aromatic rings. The first-order valence-corrected chi connectivity index (χ1v) is 7.73. The Labute approximate surface area is 128 Å². The number of carboxylic acids is 1. The van der Waals surface area contributed by atoms with Crippen molar-refractivity contribution < 1.29 is 9.90 Å². The zero-order valence-corrected chi connectivity index (χ0v) is 12.8. The topological polar surface area (TPSA) is 37.3 Å². The molecular weight excluding hydrogens is 280 g/mol. The first kappa shape index (κ1) is 13.8. The quantitative estimate of drug-likeness (QED) is 0.828. The van der Waals surface area contributed by atoms with Crippen molar-refractivity contribution in [2.24, 2.45) is 0 Å². The van der Waals surface area contributed by atoms with Crippen LogP contribution >= 0.6 is 11.3 Å². The lowest BCUT2D eigenvalue weighted by atomic mass is 9.76. The summed E-state index contributed by atoms with van der Waals surface area (Å²) in [5.41, 5.74) is 6.11. The molecule has 0 aliphatic heterocycles. The molecule has 0 atom stereocenters. The molecule has 0 saturated heterocycles. The lowest BCUT2D eigenvalue weighted by Crippen LogP contribution is -2.12. The van der Waals surface area contributed by atoms with Gasteiger partial charge >= 0.3 is 5.97 Å². The predicted molar refractivity (Wildman–Crippen MR) is 87.3 cm³/mol. The standard InChI is InChI=1S/C18H16O2S/c1-11-8-16(21-10-11)15-9-14(12(2)18(19)20)17(15)13-6-4-3-5-7-13/h3-8,10H,9H2,1-2H3,(H,19,20). The van der Waals surface area contributed by atoms with Crippen LogP contribution in [0.2, 0.25) is 0 Å². The molecule has 1 aliphatic rings. The van der Waals surface area contributed by atoms with Crippen LogP contribution < -0.4 is 0 Å². The monoisotopic (exact) mass is 296 g/mol. The van der Waals surface area contributed by atoms with Gasteiger partial charge in [-0.25, -0.2) is 4.79 Å². The number of aryl methyl sites for hydroxylation is 1. The second kappa shape index (κ2) is 5.34. The van der Waals surface area contributed by atoms with Crippen molar-refractivity contribution >= 4 is 28.5 Å². The minimum atomic E-state index is -0.833. The van der Waals surface area contributed by atoms with E-state index < -0.39 is 5.97 Å². The molecule has 3 rings (SSSR count). The molecule has 0 unspecified atom stereocenters. The third-order valence-corrected chi connectivity index (χ3v) is 4.93. The molecule has 1 N–H and O–H groups in total. The van der Waals surface area contributed by atoms with Gasteiger partial charge in [0.1, 0.15) is 0 Å². The summed E-state index contributed by atoms with van der Waals surface area (Å²) in [7, 11) is 0. The van der Waals surface area contributed by atoms with E-state index in [1.807, 2.05) is 30.3 Å². The highest BCUT2D eigenvalue weighted by Crippen LogP contribution is 2.49. The van der Waals surface area contributed by atoms with Gasteiger partial charge in [0.2, 0.25) is 0 Å². The maximum absolute atomic E-state index is 11.3. The van der Waals surface area contributed by atoms with Crippen LogP contribution in [0.3, 0.4) is 0 Å². The largest absolute Gasteiger partial charge is 0.478 e. The minimum absolute atomic E-state index is 0.450. The first-order chi connectivity index (χ1) is 10.1. The average Bonchev–Trinajstić information content (AvgIpc) is 2.85. The molecule has 1 aromatic carbocycles. The lowest BCUT2D eigenvalue weighted by molar-refractivity contribution is -0.132. The molecule has 1 aliphatic carbocycles. The zero-order valence-electron chi connectivity index (χ0n) is 12.0. The molecule has 2 nitrogen and oxygen atoms in total. The van der Waals surface area contributed by atoms with Crippen molar-refractivity contribution in [2.45, 2.75) is 20.3 Å². The molecule has 0 amide bonds. The molecule has 1 heterocycles. The second-order valence-corrected chi connectivity index (χ2v) is 6.20. The van der Waals surface area contributed by atoms with Crippen molar-refractivity contribution in [2.75, 3.05) is 0 Å². The van der Waals surface area contributed by atoms with Crippen molar-refractivity contribution in [3.63, 3.8) is 0 Å². The fourth-order valence-electron chi connectivity index (χ4n) is 2.63. The highest BCUT2D eigenvalue weighted by atomic mass is 32.1. The van der Waals surface area contributed by atoms with Gasteiger partial charge in [-0.2, -0.15) is 0 Å². The third-order valence-electron chi connectivity index (χ3n) is 3.82. The maximum Gasteiger partial charge on any atom is 0.331 e. The van der Waals surface area contributed by atoms with E-state index in [0.29, 0.717) is 5.57 Å². The Kier molecular flexibility index (Phi) is 3.52. The normalized spacial score (nSPS) is 16.7. The summed E-state index contributed by atoms with van der Waals surface area (Å²) in [5.74, 6) is -0.833. The van der Waals surface area contributed by atoms with Crippen molar-refractivity contribution in [1.82, 2.24) is 0 Å². The Balaban J connectivity index is 2.17. The molecule has 106 valence electrons. The highest BCUT2D eigenvalue weighted by Gasteiger charge is 2.29. The number of hydrogen-bond donors (Lipinski definition) is 1. The fraction of sp³-hybridized carbons (Fsp3) is 0.167. The van der Waals surface area contributed by atoms with Crippen LogP contribution in [-0.2, 0) is 4.79 Å². The summed E-state index contributed by atoms with van der Waals surface area (Å²) in [6, 6.07) is 12.2. The number of carbonyl (C=O) groups is 1. The summed E-state index contributed by atoms with van der Waals surface area (Å²) in [4.78, 5) is 12.5. The summed E-state index contributed by atoms with van der Waals surface area (Å²) in [5, 5.41) is 11.4. The second-order valence-electron chi connectivity index (χ2n) is 5.29. The number of allylic oxidation sites excluding steroid dienone is 3. The van der Waals surface area contributed by atoms with Crippen LogP contribution in [0.1, 0.15) is 29.3 Å². The van der Waals surface area contributed by atoms with Gasteiger partial charge in [0.05, 0.1) is 0 Å². The average molecular weight is 296 g/mol. The fourth-order valence-corrected chi connectivity index (χ4v) is 3.58. The van der Waals surface area contributed by atoms with Gasteiger partial charge in [-0.15, -0.1) is 11.3 Å².